The minimum atomic E-state index is -1.05. The van der Waals surface area contributed by atoms with E-state index in [1.807, 2.05) is 16.8 Å². The van der Waals surface area contributed by atoms with Gasteiger partial charge in [-0.15, -0.1) is 0 Å². The number of nitrogens with zero attached hydrogens (tertiary/aromatic N) is 2. The Morgan fingerprint density at radius 1 is 1.35 bits per heavy atom. The van der Waals surface area contributed by atoms with Crippen LogP contribution in [-0.2, 0) is 6.54 Å². The Bertz CT molecular complexity index is 1040. The summed E-state index contributed by atoms with van der Waals surface area (Å²) in [5.41, 5.74) is 7.69. The molecule has 1 heterocycles. The summed E-state index contributed by atoms with van der Waals surface area (Å²) in [4.78, 5) is 13.1. The third kappa shape index (κ3) is 5.82. The van der Waals surface area contributed by atoms with Gasteiger partial charge in [-0.3, -0.25) is 9.48 Å². The molecule has 8 heteroatoms. The summed E-state index contributed by atoms with van der Waals surface area (Å²) >= 11 is 6.38. The number of hydrogen-bond acceptors (Lipinski definition) is 5. The molecule has 2 saturated carbocycles. The second-order valence-electron chi connectivity index (χ2n) is 11.2. The summed E-state index contributed by atoms with van der Waals surface area (Å²) in [6, 6.07) is 7.27. The molecule has 0 bridgehead atoms. The number of rotatable bonds is 8. The Morgan fingerprint density at radius 3 is 2.74 bits per heavy atom. The van der Waals surface area contributed by atoms with Crippen molar-refractivity contribution in [2.75, 3.05) is 6.54 Å². The van der Waals surface area contributed by atoms with Crippen LogP contribution in [0.15, 0.2) is 24.3 Å². The molecule has 4 rings (SSSR count). The second-order valence-corrected chi connectivity index (χ2v) is 11.6. The average Bonchev–Trinajstić information content (AvgIpc) is 3.53. The highest BCUT2D eigenvalue weighted by Gasteiger charge is 2.33. The van der Waals surface area contributed by atoms with Gasteiger partial charge in [-0.2, -0.15) is 5.10 Å². The number of nitrogens with one attached hydrogen (secondary N) is 1. The van der Waals surface area contributed by atoms with Gasteiger partial charge < -0.3 is 21.3 Å². The van der Waals surface area contributed by atoms with E-state index in [0.29, 0.717) is 23.0 Å². The normalized spacial score (nSPS) is 22.7. The van der Waals surface area contributed by atoms with E-state index in [1.54, 1.807) is 19.1 Å². The van der Waals surface area contributed by atoms with Crippen molar-refractivity contribution in [3.05, 3.63) is 40.5 Å². The van der Waals surface area contributed by atoms with Gasteiger partial charge in [0.2, 0.25) is 0 Å². The minimum Gasteiger partial charge on any atom is -0.387 e. The minimum absolute atomic E-state index is 0.0294. The van der Waals surface area contributed by atoms with Crippen LogP contribution in [0.3, 0.4) is 0 Å². The molecule has 3 atom stereocenters. The largest absolute Gasteiger partial charge is 0.387 e. The first kappa shape index (κ1) is 25.2. The van der Waals surface area contributed by atoms with Gasteiger partial charge in [-0.1, -0.05) is 37.9 Å². The molecule has 34 heavy (non-hydrogen) atoms. The molecule has 2 aliphatic carbocycles. The Labute approximate surface area is 206 Å². The SMILES string of the molecule is CC1(C)CCCC(C(O)NC(=O)c2cc(-c3cc(C4CC4)n(CC(C)(O)CN)n3)ccc2Cl)C1. The summed E-state index contributed by atoms with van der Waals surface area (Å²) in [5, 5.41) is 29.0. The Hall–Kier alpha value is -1.93. The number of aliphatic hydroxyl groups excluding tert-OH is 1. The number of halogens is 1. The van der Waals surface area contributed by atoms with Gasteiger partial charge in [0.1, 0.15) is 6.23 Å². The number of benzene rings is 1. The van der Waals surface area contributed by atoms with Crippen LogP contribution in [0.4, 0.5) is 0 Å². The standard InChI is InChI=1S/C26H37ClN4O3/c1-25(2)10-4-5-18(13-25)23(32)29-24(33)19-11-17(8-9-20(19)27)21-12-22(16-6-7-16)31(30-21)15-26(3,34)14-28/h8-9,11-12,16,18,23,32,34H,4-7,10,13-15,28H2,1-3H3,(H,29,33). The number of nitrogens with two attached hydrogens (primary N) is 1. The molecule has 7 nitrogen and oxygen atoms in total. The quantitative estimate of drug-likeness (QED) is 0.418. The first-order valence-electron chi connectivity index (χ1n) is 12.3. The highest BCUT2D eigenvalue weighted by atomic mass is 35.5. The third-order valence-corrected chi connectivity index (χ3v) is 7.54. The molecular formula is C26H37ClN4O3. The Kier molecular flexibility index (Phi) is 7.11. The number of hydrogen-bond donors (Lipinski definition) is 4. The smallest absolute Gasteiger partial charge is 0.254 e. The van der Waals surface area contributed by atoms with Crippen molar-refractivity contribution in [3.8, 4) is 11.3 Å². The van der Waals surface area contributed by atoms with Crippen molar-refractivity contribution in [1.29, 1.82) is 0 Å². The van der Waals surface area contributed by atoms with Gasteiger partial charge in [-0.05, 0) is 62.6 Å². The Balaban J connectivity index is 1.55. The third-order valence-electron chi connectivity index (χ3n) is 7.21. The predicted molar refractivity (Wildman–Crippen MR) is 134 cm³/mol. The molecule has 0 radical (unpaired) electrons. The van der Waals surface area contributed by atoms with Crippen LogP contribution >= 0.6 is 11.6 Å². The maximum atomic E-state index is 13.1. The van der Waals surface area contributed by atoms with Crippen molar-refractivity contribution in [2.45, 2.75) is 83.6 Å². The van der Waals surface area contributed by atoms with E-state index in [2.05, 4.69) is 19.2 Å². The van der Waals surface area contributed by atoms with Crippen molar-refractivity contribution < 1.29 is 15.0 Å². The summed E-state index contributed by atoms with van der Waals surface area (Å²) in [7, 11) is 0. The molecule has 2 fully saturated rings. The zero-order valence-corrected chi connectivity index (χ0v) is 21.1. The van der Waals surface area contributed by atoms with Gasteiger partial charge in [0, 0.05) is 29.6 Å². The van der Waals surface area contributed by atoms with E-state index in [1.165, 1.54) is 0 Å². The van der Waals surface area contributed by atoms with Crippen LogP contribution in [0, 0.1) is 11.3 Å². The molecule has 1 amide bonds. The van der Waals surface area contributed by atoms with E-state index in [9.17, 15) is 15.0 Å². The van der Waals surface area contributed by atoms with Crippen LogP contribution < -0.4 is 11.1 Å². The molecule has 1 aromatic heterocycles. The lowest BCUT2D eigenvalue weighted by Crippen LogP contribution is -2.43. The fraction of sp³-hybridized carbons (Fsp3) is 0.615. The van der Waals surface area contributed by atoms with Crippen molar-refractivity contribution in [3.63, 3.8) is 0 Å². The molecule has 0 spiro atoms. The zero-order chi connectivity index (χ0) is 24.7. The van der Waals surface area contributed by atoms with Crippen molar-refractivity contribution >= 4 is 17.5 Å². The van der Waals surface area contributed by atoms with Gasteiger partial charge in [-0.25, -0.2) is 0 Å². The fourth-order valence-corrected chi connectivity index (χ4v) is 5.21. The highest BCUT2D eigenvalue weighted by molar-refractivity contribution is 6.34. The lowest BCUT2D eigenvalue weighted by molar-refractivity contribution is 0.0232. The second kappa shape index (κ2) is 9.61. The molecule has 0 saturated heterocycles. The van der Waals surface area contributed by atoms with E-state index in [4.69, 9.17) is 22.4 Å². The number of aliphatic hydroxyl groups is 2. The molecule has 3 unspecified atom stereocenters. The number of carbonyl (C=O) groups is 1. The summed E-state index contributed by atoms with van der Waals surface area (Å²) in [5.74, 6) is 0.0669. The van der Waals surface area contributed by atoms with Crippen LogP contribution in [0.25, 0.3) is 11.3 Å². The van der Waals surface area contributed by atoms with Crippen LogP contribution in [0.1, 0.15) is 81.3 Å². The number of aromatic nitrogens is 2. The molecule has 1 aromatic carbocycles. The van der Waals surface area contributed by atoms with Gasteiger partial charge >= 0.3 is 0 Å². The highest BCUT2D eigenvalue weighted by Crippen LogP contribution is 2.42. The lowest BCUT2D eigenvalue weighted by atomic mass is 9.71. The van der Waals surface area contributed by atoms with Gasteiger partial charge in [0.05, 0.1) is 28.4 Å². The average molecular weight is 489 g/mol. The van der Waals surface area contributed by atoms with Gasteiger partial charge in [0.15, 0.2) is 0 Å². The van der Waals surface area contributed by atoms with Crippen LogP contribution in [-0.4, -0.2) is 44.3 Å². The maximum Gasteiger partial charge on any atom is 0.254 e. The van der Waals surface area contributed by atoms with Crippen LogP contribution in [0.2, 0.25) is 5.02 Å². The van der Waals surface area contributed by atoms with E-state index in [0.717, 1.165) is 55.5 Å². The summed E-state index contributed by atoms with van der Waals surface area (Å²) in [6.07, 6.45) is 5.23. The van der Waals surface area contributed by atoms with E-state index < -0.39 is 17.7 Å². The monoisotopic (exact) mass is 488 g/mol. The first-order valence-corrected chi connectivity index (χ1v) is 12.6. The number of carbonyl (C=O) groups excluding carboxylic acids is 1. The summed E-state index contributed by atoms with van der Waals surface area (Å²) in [6.45, 7) is 6.55. The van der Waals surface area contributed by atoms with Crippen molar-refractivity contribution in [2.24, 2.45) is 17.1 Å². The van der Waals surface area contributed by atoms with E-state index >= 15 is 0 Å². The van der Waals surface area contributed by atoms with Gasteiger partial charge in [0.25, 0.3) is 5.91 Å². The topological polar surface area (TPSA) is 113 Å². The molecule has 2 aliphatic rings. The molecule has 5 N–H and O–H groups in total. The Morgan fingerprint density at radius 2 is 2.09 bits per heavy atom. The van der Waals surface area contributed by atoms with Crippen molar-refractivity contribution in [1.82, 2.24) is 15.1 Å². The predicted octanol–water partition coefficient (Wildman–Crippen LogP) is 4.06. The maximum absolute atomic E-state index is 13.1. The molecule has 0 aliphatic heterocycles. The van der Waals surface area contributed by atoms with Crippen LogP contribution in [0.5, 0.6) is 0 Å². The first-order chi connectivity index (χ1) is 16.0. The summed E-state index contributed by atoms with van der Waals surface area (Å²) < 4.78 is 1.84. The number of amides is 1. The fourth-order valence-electron chi connectivity index (χ4n) is 5.01. The van der Waals surface area contributed by atoms with E-state index in [-0.39, 0.29) is 17.9 Å². The zero-order valence-electron chi connectivity index (χ0n) is 20.4. The lowest BCUT2D eigenvalue weighted by Gasteiger charge is -2.37. The molecule has 2 aromatic rings. The molecular weight excluding hydrogens is 452 g/mol. The molecule has 186 valence electrons.